The second kappa shape index (κ2) is 15.2. The fraction of sp³-hybridized carbons (Fsp3) is 0.882. The zero-order chi connectivity index (χ0) is 13.5. The Morgan fingerprint density at radius 1 is 0.722 bits per heavy atom. The summed E-state index contributed by atoms with van der Waals surface area (Å²) in [6, 6.07) is 0. The number of unbranched alkanes of at least 4 members (excludes halogenated alkanes) is 7. The van der Waals surface area contributed by atoms with Crippen LogP contribution in [0.5, 0.6) is 0 Å². The predicted molar refractivity (Wildman–Crippen MR) is 89.2 cm³/mol. The first-order valence-electron chi connectivity index (χ1n) is 8.18. The second-order valence-electron chi connectivity index (χ2n) is 5.39. The Morgan fingerprint density at radius 3 is 1.67 bits per heavy atom. The maximum absolute atomic E-state index is 3.84. The van der Waals surface area contributed by atoms with E-state index in [9.17, 15) is 0 Å². The third kappa shape index (κ3) is 12.6. The lowest BCUT2D eigenvalue weighted by atomic mass is 10.2. The van der Waals surface area contributed by atoms with E-state index in [0.29, 0.717) is 7.92 Å². The average molecular weight is 270 g/mol. The van der Waals surface area contributed by atoms with E-state index in [0.717, 1.165) is 0 Å². The summed E-state index contributed by atoms with van der Waals surface area (Å²) in [4.78, 5) is 0. The molecule has 0 radical (unpaired) electrons. The molecule has 1 heteroatoms. The first-order chi connectivity index (χ1) is 8.85. The van der Waals surface area contributed by atoms with Crippen LogP contribution in [0.4, 0.5) is 0 Å². The lowest BCUT2D eigenvalue weighted by Gasteiger charge is -2.17. The quantitative estimate of drug-likeness (QED) is 0.190. The van der Waals surface area contributed by atoms with Crippen molar-refractivity contribution in [1.29, 1.82) is 0 Å². The van der Waals surface area contributed by atoms with E-state index in [1.165, 1.54) is 70.4 Å². The minimum absolute atomic E-state index is 0.347. The molecule has 0 aliphatic carbocycles. The van der Waals surface area contributed by atoms with Gasteiger partial charge in [-0.25, -0.2) is 0 Å². The molecule has 0 fully saturated rings. The molecule has 0 unspecified atom stereocenters. The summed E-state index contributed by atoms with van der Waals surface area (Å²) in [6.07, 6.45) is 20.8. The first-order valence-corrected chi connectivity index (χ1v) is 10.1. The Hall–Kier alpha value is 0.170. The SMILES string of the molecule is C=CCCCP(CCCCCC)CCCCCC. The normalized spacial score (nSPS) is 11.1. The van der Waals surface area contributed by atoms with Crippen LogP contribution in [0.1, 0.15) is 78.1 Å². The smallest absolute Gasteiger partial charge is 0.0323 e. The molecular formula is C17H35P. The van der Waals surface area contributed by atoms with Gasteiger partial charge in [-0.1, -0.05) is 58.4 Å². The zero-order valence-electron chi connectivity index (χ0n) is 12.9. The summed E-state index contributed by atoms with van der Waals surface area (Å²) < 4.78 is 0. The fourth-order valence-electron chi connectivity index (χ4n) is 2.32. The molecular weight excluding hydrogens is 235 g/mol. The van der Waals surface area contributed by atoms with Crippen molar-refractivity contribution in [3.63, 3.8) is 0 Å². The van der Waals surface area contributed by atoms with Crippen LogP contribution in [-0.2, 0) is 0 Å². The molecule has 0 atom stereocenters. The average Bonchev–Trinajstić information content (AvgIpc) is 2.39. The third-order valence-corrected chi connectivity index (χ3v) is 6.38. The van der Waals surface area contributed by atoms with Crippen molar-refractivity contribution in [2.75, 3.05) is 18.5 Å². The van der Waals surface area contributed by atoms with E-state index >= 15 is 0 Å². The highest BCUT2D eigenvalue weighted by Gasteiger charge is 2.06. The van der Waals surface area contributed by atoms with E-state index < -0.39 is 0 Å². The van der Waals surface area contributed by atoms with Gasteiger partial charge in [0.05, 0.1) is 0 Å². The van der Waals surface area contributed by atoms with Gasteiger partial charge in [0.25, 0.3) is 0 Å². The maximum Gasteiger partial charge on any atom is -0.0323 e. The molecule has 0 bridgehead atoms. The molecule has 0 N–H and O–H groups in total. The molecule has 0 aromatic heterocycles. The van der Waals surface area contributed by atoms with E-state index in [2.05, 4.69) is 26.5 Å². The Balaban J connectivity index is 3.65. The Morgan fingerprint density at radius 2 is 1.22 bits per heavy atom. The highest BCUT2D eigenvalue weighted by Crippen LogP contribution is 2.39. The molecule has 0 amide bonds. The van der Waals surface area contributed by atoms with E-state index in [1.807, 2.05) is 0 Å². The number of hydrogen-bond acceptors (Lipinski definition) is 0. The second-order valence-corrected chi connectivity index (χ2v) is 8.08. The predicted octanol–water partition coefficient (Wildman–Crippen LogP) is 6.60. The van der Waals surface area contributed by atoms with Gasteiger partial charge in [0.15, 0.2) is 0 Å². The molecule has 0 aliphatic rings. The highest BCUT2D eigenvalue weighted by molar-refractivity contribution is 7.57. The first kappa shape index (κ1) is 18.2. The largest absolute Gasteiger partial charge is 0.107 e. The maximum atomic E-state index is 3.84. The van der Waals surface area contributed by atoms with Crippen LogP contribution in [0.2, 0.25) is 0 Å². The molecule has 108 valence electrons. The van der Waals surface area contributed by atoms with Crippen LogP contribution in [0.25, 0.3) is 0 Å². The van der Waals surface area contributed by atoms with Crippen LogP contribution >= 0.6 is 7.92 Å². The van der Waals surface area contributed by atoms with E-state index in [-0.39, 0.29) is 0 Å². The van der Waals surface area contributed by atoms with Gasteiger partial charge in [0, 0.05) is 0 Å². The number of hydrogen-bond donors (Lipinski definition) is 0. The van der Waals surface area contributed by atoms with E-state index in [1.54, 1.807) is 12.3 Å². The van der Waals surface area contributed by atoms with Crippen molar-refractivity contribution in [1.82, 2.24) is 0 Å². The summed E-state index contributed by atoms with van der Waals surface area (Å²) in [6.45, 7) is 8.44. The van der Waals surface area contributed by atoms with Crippen molar-refractivity contribution in [3.05, 3.63) is 12.7 Å². The van der Waals surface area contributed by atoms with Gasteiger partial charge < -0.3 is 0 Å². The van der Waals surface area contributed by atoms with Gasteiger partial charge in [-0.3, -0.25) is 0 Å². The van der Waals surface area contributed by atoms with Gasteiger partial charge in [0.1, 0.15) is 0 Å². The molecule has 0 aromatic rings. The lowest BCUT2D eigenvalue weighted by Crippen LogP contribution is -1.96. The minimum Gasteiger partial charge on any atom is -0.107 e. The van der Waals surface area contributed by atoms with Crippen LogP contribution in [-0.4, -0.2) is 18.5 Å². The summed E-state index contributed by atoms with van der Waals surface area (Å²) in [5.74, 6) is 0. The van der Waals surface area contributed by atoms with Crippen molar-refractivity contribution >= 4 is 7.92 Å². The molecule has 0 saturated carbocycles. The molecule has 0 spiro atoms. The zero-order valence-corrected chi connectivity index (χ0v) is 13.8. The van der Waals surface area contributed by atoms with Gasteiger partial charge in [-0.05, 0) is 44.2 Å². The standard InChI is InChI=1S/C17H35P/c1-4-7-10-13-16-18(15-12-9-6-3)17-14-11-8-5-2/h6H,3-5,7-17H2,1-2H3. The van der Waals surface area contributed by atoms with Gasteiger partial charge in [-0.2, -0.15) is 0 Å². The minimum atomic E-state index is 0.347. The summed E-state index contributed by atoms with van der Waals surface area (Å²) in [7, 11) is 0.347. The summed E-state index contributed by atoms with van der Waals surface area (Å²) in [5.41, 5.74) is 0. The van der Waals surface area contributed by atoms with Crippen molar-refractivity contribution < 1.29 is 0 Å². The van der Waals surface area contributed by atoms with Crippen molar-refractivity contribution in [2.24, 2.45) is 0 Å². The molecule has 0 rings (SSSR count). The third-order valence-electron chi connectivity index (χ3n) is 3.54. The molecule has 0 heterocycles. The molecule has 0 aliphatic heterocycles. The fourth-order valence-corrected chi connectivity index (χ4v) is 4.96. The summed E-state index contributed by atoms with van der Waals surface area (Å²) in [5, 5.41) is 0. The van der Waals surface area contributed by atoms with Gasteiger partial charge in [0.2, 0.25) is 0 Å². The number of rotatable bonds is 14. The number of allylic oxidation sites excluding steroid dienone is 1. The Bertz CT molecular complexity index is 153. The van der Waals surface area contributed by atoms with E-state index in [4.69, 9.17) is 0 Å². The van der Waals surface area contributed by atoms with Crippen LogP contribution < -0.4 is 0 Å². The Kier molecular flexibility index (Phi) is 15.4. The molecule has 0 nitrogen and oxygen atoms in total. The van der Waals surface area contributed by atoms with Crippen LogP contribution in [0, 0.1) is 0 Å². The highest BCUT2D eigenvalue weighted by atomic mass is 31.1. The molecule has 0 aromatic carbocycles. The van der Waals surface area contributed by atoms with Gasteiger partial charge >= 0.3 is 0 Å². The lowest BCUT2D eigenvalue weighted by molar-refractivity contribution is 0.695. The topological polar surface area (TPSA) is 0 Å². The van der Waals surface area contributed by atoms with Gasteiger partial charge in [-0.15, -0.1) is 14.5 Å². The van der Waals surface area contributed by atoms with Crippen molar-refractivity contribution in [2.45, 2.75) is 78.1 Å². The van der Waals surface area contributed by atoms with Crippen LogP contribution in [0.15, 0.2) is 12.7 Å². The Labute approximate surface area is 117 Å². The molecule has 18 heavy (non-hydrogen) atoms. The van der Waals surface area contributed by atoms with Crippen molar-refractivity contribution in [3.8, 4) is 0 Å². The monoisotopic (exact) mass is 270 g/mol. The van der Waals surface area contributed by atoms with Crippen LogP contribution in [0.3, 0.4) is 0 Å². The molecule has 0 saturated heterocycles. The summed E-state index contributed by atoms with van der Waals surface area (Å²) >= 11 is 0.